The number of ether oxygens (including phenoxy) is 4. The first kappa shape index (κ1) is 26.9. The fourth-order valence-corrected chi connectivity index (χ4v) is 3.34. The number of hydrogen-bond acceptors (Lipinski definition) is 6. The Bertz CT molecular complexity index is 967. The average molecular weight is 480 g/mol. The average Bonchev–Trinajstić information content (AvgIpc) is 2.74. The lowest BCUT2D eigenvalue weighted by Crippen LogP contribution is -2.43. The lowest BCUT2D eigenvalue weighted by atomic mass is 9.86. The van der Waals surface area contributed by atoms with Crippen LogP contribution in [-0.2, 0) is 14.3 Å². The molecule has 34 heavy (non-hydrogen) atoms. The van der Waals surface area contributed by atoms with Crippen LogP contribution in [0.4, 0.5) is 13.6 Å². The zero-order valence-corrected chi connectivity index (χ0v) is 20.4. The van der Waals surface area contributed by atoms with Crippen molar-refractivity contribution < 1.29 is 37.3 Å². The summed E-state index contributed by atoms with van der Waals surface area (Å²) in [5, 5.41) is 2.40. The van der Waals surface area contributed by atoms with E-state index in [9.17, 15) is 18.4 Å². The van der Waals surface area contributed by atoms with E-state index < -0.39 is 47.4 Å². The highest BCUT2D eigenvalue weighted by molar-refractivity contribution is 5.81. The van der Waals surface area contributed by atoms with Gasteiger partial charge in [0.25, 0.3) is 0 Å². The van der Waals surface area contributed by atoms with E-state index in [1.54, 1.807) is 20.8 Å². The molecule has 0 radical (unpaired) electrons. The Morgan fingerprint density at radius 3 is 1.74 bits per heavy atom. The Morgan fingerprint density at radius 2 is 1.35 bits per heavy atom. The lowest BCUT2D eigenvalue weighted by Gasteiger charge is -2.27. The van der Waals surface area contributed by atoms with Crippen molar-refractivity contribution in [1.29, 1.82) is 0 Å². The van der Waals surface area contributed by atoms with Gasteiger partial charge in [0.05, 0.1) is 20.1 Å². The number of alkyl carbamates (subject to hydrolysis) is 1. The van der Waals surface area contributed by atoms with Gasteiger partial charge in [0, 0.05) is 12.1 Å². The van der Waals surface area contributed by atoms with Gasteiger partial charge in [-0.1, -0.05) is 12.1 Å². The number of amides is 1. The molecule has 0 heterocycles. The van der Waals surface area contributed by atoms with Crippen LogP contribution in [-0.4, -0.2) is 44.0 Å². The Morgan fingerprint density at radius 1 is 0.882 bits per heavy atom. The molecule has 0 aliphatic rings. The zero-order valence-electron chi connectivity index (χ0n) is 20.4. The molecule has 7 nitrogen and oxygen atoms in total. The maximum Gasteiger partial charge on any atom is 0.408 e. The standard InChI is InChI=1S/C25H31F2NO6/c1-14(28-24(30)34-25(3,4)5)23(29)33-15(2)22(18-10-8-16(31-6)12-20(18)26)19-11-9-17(32-7)13-21(19)27/h8-15,22H,1-7H3,(H,28,30)/t14-,15-/m0/s1. The molecule has 2 aromatic carbocycles. The summed E-state index contributed by atoms with van der Waals surface area (Å²) in [6.07, 6.45) is -1.79. The van der Waals surface area contributed by atoms with Crippen molar-refractivity contribution in [2.24, 2.45) is 0 Å². The summed E-state index contributed by atoms with van der Waals surface area (Å²) in [5.74, 6) is -2.50. The molecule has 2 rings (SSSR count). The molecule has 2 atom stereocenters. The highest BCUT2D eigenvalue weighted by Crippen LogP contribution is 2.35. The van der Waals surface area contributed by atoms with Crippen molar-refractivity contribution in [3.8, 4) is 11.5 Å². The summed E-state index contributed by atoms with van der Waals surface area (Å²) < 4.78 is 50.8. The SMILES string of the molecule is COc1ccc(C(c2ccc(OC)cc2F)[C@H](C)OC(=O)[C@H](C)NC(=O)OC(C)(C)C)c(F)c1. The Balaban J connectivity index is 2.34. The van der Waals surface area contributed by atoms with E-state index >= 15 is 0 Å². The zero-order chi connectivity index (χ0) is 25.6. The van der Waals surface area contributed by atoms with Crippen molar-refractivity contribution in [2.75, 3.05) is 14.2 Å². The van der Waals surface area contributed by atoms with Crippen LogP contribution in [0.2, 0.25) is 0 Å². The Hall–Kier alpha value is -3.36. The number of hydrogen-bond donors (Lipinski definition) is 1. The lowest BCUT2D eigenvalue weighted by molar-refractivity contribution is -0.151. The van der Waals surface area contributed by atoms with E-state index in [0.29, 0.717) is 0 Å². The monoisotopic (exact) mass is 479 g/mol. The highest BCUT2D eigenvalue weighted by atomic mass is 19.1. The quantitative estimate of drug-likeness (QED) is 0.539. The summed E-state index contributed by atoms with van der Waals surface area (Å²) in [4.78, 5) is 24.7. The maximum absolute atomic E-state index is 15.0. The normalized spacial score (nSPS) is 13.1. The molecule has 1 amide bonds. The predicted octanol–water partition coefficient (Wildman–Crippen LogP) is 4.96. The largest absolute Gasteiger partial charge is 0.497 e. The number of carbonyl (C=O) groups excluding carboxylic acids is 2. The van der Waals surface area contributed by atoms with Gasteiger partial charge >= 0.3 is 12.1 Å². The summed E-state index contributed by atoms with van der Waals surface area (Å²) >= 11 is 0. The molecule has 0 unspecified atom stereocenters. The van der Waals surface area contributed by atoms with Crippen molar-refractivity contribution in [3.63, 3.8) is 0 Å². The minimum Gasteiger partial charge on any atom is -0.497 e. The van der Waals surface area contributed by atoms with Crippen LogP contribution >= 0.6 is 0 Å². The van der Waals surface area contributed by atoms with Crippen LogP contribution in [0, 0.1) is 11.6 Å². The first-order valence-electron chi connectivity index (χ1n) is 10.7. The van der Waals surface area contributed by atoms with Crippen molar-refractivity contribution in [3.05, 3.63) is 59.2 Å². The second-order valence-electron chi connectivity index (χ2n) is 8.76. The molecule has 1 N–H and O–H groups in total. The summed E-state index contributed by atoms with van der Waals surface area (Å²) in [7, 11) is 2.80. The Kier molecular flexibility index (Phi) is 8.84. The fourth-order valence-electron chi connectivity index (χ4n) is 3.34. The number of esters is 1. The highest BCUT2D eigenvalue weighted by Gasteiger charge is 2.32. The topological polar surface area (TPSA) is 83.1 Å². The van der Waals surface area contributed by atoms with Crippen molar-refractivity contribution in [1.82, 2.24) is 5.32 Å². The van der Waals surface area contributed by atoms with Gasteiger partial charge in [-0.15, -0.1) is 0 Å². The number of nitrogens with one attached hydrogen (secondary N) is 1. The van der Waals surface area contributed by atoms with E-state index in [2.05, 4.69) is 5.32 Å². The fraction of sp³-hybridized carbons (Fsp3) is 0.440. The molecule has 0 bridgehead atoms. The van der Waals surface area contributed by atoms with E-state index in [4.69, 9.17) is 18.9 Å². The van der Waals surface area contributed by atoms with Crippen LogP contribution in [0.1, 0.15) is 51.7 Å². The third-order valence-corrected chi connectivity index (χ3v) is 4.94. The van der Waals surface area contributed by atoms with E-state index in [0.717, 1.165) is 0 Å². The van der Waals surface area contributed by atoms with Crippen molar-refractivity contribution in [2.45, 2.75) is 58.3 Å². The van der Waals surface area contributed by atoms with Crippen LogP contribution in [0.15, 0.2) is 36.4 Å². The van der Waals surface area contributed by atoms with E-state index in [1.807, 2.05) is 0 Å². The molecule has 9 heteroatoms. The van der Waals surface area contributed by atoms with Gasteiger partial charge in [0.1, 0.15) is 40.9 Å². The molecule has 0 saturated carbocycles. The summed E-state index contributed by atoms with van der Waals surface area (Å²) in [6.45, 7) is 8.02. The first-order valence-corrected chi connectivity index (χ1v) is 10.7. The molecule has 0 aliphatic carbocycles. The molecule has 0 fully saturated rings. The molecule has 2 aromatic rings. The second-order valence-corrected chi connectivity index (χ2v) is 8.76. The van der Waals surface area contributed by atoms with Crippen LogP contribution in [0.3, 0.4) is 0 Å². The maximum atomic E-state index is 15.0. The molecule has 0 aromatic heterocycles. The smallest absolute Gasteiger partial charge is 0.408 e. The molecular formula is C25H31F2NO6. The third-order valence-electron chi connectivity index (χ3n) is 4.94. The van der Waals surface area contributed by atoms with E-state index in [-0.39, 0.29) is 22.6 Å². The number of benzene rings is 2. The van der Waals surface area contributed by atoms with Crippen LogP contribution in [0.5, 0.6) is 11.5 Å². The first-order chi connectivity index (χ1) is 15.9. The molecule has 0 spiro atoms. The Labute approximate surface area is 198 Å². The van der Waals surface area contributed by atoms with Gasteiger partial charge in [-0.2, -0.15) is 0 Å². The van der Waals surface area contributed by atoms with Gasteiger partial charge < -0.3 is 24.3 Å². The number of rotatable bonds is 8. The second kappa shape index (κ2) is 11.2. The minimum absolute atomic E-state index is 0.109. The van der Waals surface area contributed by atoms with Crippen LogP contribution in [0.25, 0.3) is 0 Å². The number of carbonyl (C=O) groups is 2. The van der Waals surface area contributed by atoms with Gasteiger partial charge in [-0.25, -0.2) is 18.4 Å². The summed E-state index contributed by atoms with van der Waals surface area (Å²) in [5.41, 5.74) is -0.528. The molecule has 0 aliphatic heterocycles. The van der Waals surface area contributed by atoms with Crippen molar-refractivity contribution >= 4 is 12.1 Å². The molecular weight excluding hydrogens is 448 g/mol. The van der Waals surface area contributed by atoms with Crippen LogP contribution < -0.4 is 14.8 Å². The van der Waals surface area contributed by atoms with Gasteiger partial charge in [0.15, 0.2) is 0 Å². The van der Waals surface area contributed by atoms with Gasteiger partial charge in [-0.3, -0.25) is 0 Å². The molecule has 0 saturated heterocycles. The third kappa shape index (κ3) is 7.07. The molecule has 186 valence electrons. The minimum atomic E-state index is -1.06. The number of methoxy groups -OCH3 is 2. The van der Waals surface area contributed by atoms with Gasteiger partial charge in [-0.05, 0) is 57.9 Å². The summed E-state index contributed by atoms with van der Waals surface area (Å²) in [6, 6.07) is 7.27. The number of halogens is 2. The van der Waals surface area contributed by atoms with E-state index in [1.165, 1.54) is 64.5 Å². The van der Waals surface area contributed by atoms with Gasteiger partial charge in [0.2, 0.25) is 0 Å². The predicted molar refractivity (Wildman–Crippen MR) is 122 cm³/mol.